The van der Waals surface area contributed by atoms with Gasteiger partial charge in [0.1, 0.15) is 11.5 Å². The molecule has 4 aliphatic rings. The van der Waals surface area contributed by atoms with Gasteiger partial charge in [-0.15, -0.1) is 0 Å². The number of amides is 2. The predicted octanol–water partition coefficient (Wildman–Crippen LogP) is 4.10. The number of hydrogen-bond donors (Lipinski definition) is 0. The summed E-state index contributed by atoms with van der Waals surface area (Å²) in [5, 5.41) is 0. The highest BCUT2D eigenvalue weighted by molar-refractivity contribution is 6.24. The van der Waals surface area contributed by atoms with Gasteiger partial charge in [0.2, 0.25) is 11.8 Å². The van der Waals surface area contributed by atoms with Crippen molar-refractivity contribution >= 4 is 17.5 Å². The molecule has 154 valence electrons. The molecule has 0 spiro atoms. The Morgan fingerprint density at radius 3 is 1.58 bits per heavy atom. The van der Waals surface area contributed by atoms with Gasteiger partial charge in [0.15, 0.2) is 0 Å². The van der Waals surface area contributed by atoms with Crippen LogP contribution in [0.2, 0.25) is 0 Å². The molecule has 0 aromatic heterocycles. The van der Waals surface area contributed by atoms with E-state index >= 15 is 0 Å². The molecule has 0 N–H and O–H groups in total. The second-order valence-electron chi connectivity index (χ2n) is 8.31. The van der Waals surface area contributed by atoms with Crippen molar-refractivity contribution in [3.8, 4) is 11.5 Å². The molecule has 31 heavy (non-hydrogen) atoms. The molecule has 1 saturated heterocycles. The first-order valence-electron chi connectivity index (χ1n) is 10.4. The molecule has 0 saturated carbocycles. The highest BCUT2D eigenvalue weighted by Crippen LogP contribution is 2.61. The van der Waals surface area contributed by atoms with Crippen molar-refractivity contribution in [2.45, 2.75) is 11.8 Å². The van der Waals surface area contributed by atoms with Gasteiger partial charge in [-0.05, 0) is 34.4 Å². The van der Waals surface area contributed by atoms with Crippen LogP contribution in [0.1, 0.15) is 34.1 Å². The van der Waals surface area contributed by atoms with Crippen LogP contribution in [0, 0.1) is 11.8 Å². The number of imide groups is 1. The number of carbonyl (C=O) groups is 2. The summed E-state index contributed by atoms with van der Waals surface area (Å²) in [6.07, 6.45) is 0. The van der Waals surface area contributed by atoms with Crippen molar-refractivity contribution in [2.75, 3.05) is 19.1 Å². The van der Waals surface area contributed by atoms with Crippen LogP contribution in [0.5, 0.6) is 11.5 Å². The van der Waals surface area contributed by atoms with Crippen molar-refractivity contribution in [1.82, 2.24) is 0 Å². The lowest BCUT2D eigenvalue weighted by atomic mass is 9.55. The Balaban J connectivity index is 1.56. The lowest BCUT2D eigenvalue weighted by molar-refractivity contribution is -0.122. The van der Waals surface area contributed by atoms with Gasteiger partial charge in [0.05, 0.1) is 31.7 Å². The smallest absolute Gasteiger partial charge is 0.238 e. The monoisotopic (exact) mass is 411 g/mol. The molecule has 3 aromatic rings. The molecule has 5 nitrogen and oxygen atoms in total. The van der Waals surface area contributed by atoms with E-state index in [1.54, 1.807) is 32.4 Å². The van der Waals surface area contributed by atoms with E-state index in [0.29, 0.717) is 17.2 Å². The SMILES string of the molecule is COc1ccc(OC)c(N2C(=O)[C@@H]3C4c5ccccc5C(c5ccccc54)[C@@H]3C2=O)c1. The summed E-state index contributed by atoms with van der Waals surface area (Å²) < 4.78 is 10.9. The minimum atomic E-state index is -0.418. The zero-order valence-electron chi connectivity index (χ0n) is 17.2. The third-order valence-electron chi connectivity index (χ3n) is 7.08. The molecule has 5 heteroatoms. The molecule has 1 fully saturated rings. The molecule has 2 amide bonds. The molecule has 1 heterocycles. The Labute approximate surface area is 180 Å². The van der Waals surface area contributed by atoms with E-state index in [9.17, 15) is 9.59 Å². The highest BCUT2D eigenvalue weighted by atomic mass is 16.5. The van der Waals surface area contributed by atoms with E-state index in [1.165, 1.54) is 4.90 Å². The average Bonchev–Trinajstić information content (AvgIpc) is 3.09. The first-order chi connectivity index (χ1) is 15.2. The van der Waals surface area contributed by atoms with Gasteiger partial charge in [0, 0.05) is 17.9 Å². The van der Waals surface area contributed by atoms with Gasteiger partial charge >= 0.3 is 0 Å². The molecular formula is C26H21NO4. The Kier molecular flexibility index (Phi) is 3.78. The van der Waals surface area contributed by atoms with Crippen LogP contribution in [-0.2, 0) is 9.59 Å². The third-order valence-corrected chi connectivity index (χ3v) is 7.08. The summed E-state index contributed by atoms with van der Waals surface area (Å²) in [6, 6.07) is 21.7. The second-order valence-corrected chi connectivity index (χ2v) is 8.31. The molecule has 3 aliphatic carbocycles. The fraction of sp³-hybridized carbons (Fsp3) is 0.231. The van der Waals surface area contributed by atoms with E-state index < -0.39 is 11.8 Å². The summed E-state index contributed by atoms with van der Waals surface area (Å²) in [4.78, 5) is 29.0. The van der Waals surface area contributed by atoms with Crippen LogP contribution >= 0.6 is 0 Å². The normalized spacial score (nSPS) is 25.2. The Morgan fingerprint density at radius 1 is 0.677 bits per heavy atom. The summed E-state index contributed by atoms with van der Waals surface area (Å²) in [6.45, 7) is 0. The van der Waals surface area contributed by atoms with Crippen molar-refractivity contribution in [1.29, 1.82) is 0 Å². The van der Waals surface area contributed by atoms with Gasteiger partial charge < -0.3 is 9.47 Å². The number of hydrogen-bond acceptors (Lipinski definition) is 4. The van der Waals surface area contributed by atoms with Gasteiger partial charge in [-0.3, -0.25) is 9.59 Å². The first-order valence-corrected chi connectivity index (χ1v) is 10.4. The number of ether oxygens (including phenoxy) is 2. The largest absolute Gasteiger partial charge is 0.497 e. The Hall–Kier alpha value is -3.60. The summed E-state index contributed by atoms with van der Waals surface area (Å²) in [5.74, 6) is -0.372. The van der Waals surface area contributed by atoms with Crippen LogP contribution in [0.25, 0.3) is 0 Å². The molecule has 2 bridgehead atoms. The maximum Gasteiger partial charge on any atom is 0.238 e. The van der Waals surface area contributed by atoms with Crippen LogP contribution < -0.4 is 14.4 Å². The number of benzene rings is 3. The van der Waals surface area contributed by atoms with E-state index in [0.717, 1.165) is 22.3 Å². The Morgan fingerprint density at radius 2 is 1.16 bits per heavy atom. The van der Waals surface area contributed by atoms with Crippen LogP contribution in [0.4, 0.5) is 5.69 Å². The second kappa shape index (κ2) is 6.45. The number of carbonyl (C=O) groups excluding carboxylic acids is 2. The maximum absolute atomic E-state index is 13.8. The summed E-state index contributed by atoms with van der Waals surface area (Å²) in [7, 11) is 3.10. The zero-order valence-corrected chi connectivity index (χ0v) is 17.2. The fourth-order valence-electron chi connectivity index (χ4n) is 5.89. The molecule has 1 aliphatic heterocycles. The minimum Gasteiger partial charge on any atom is -0.497 e. The van der Waals surface area contributed by atoms with Crippen molar-refractivity contribution < 1.29 is 19.1 Å². The molecular weight excluding hydrogens is 390 g/mol. The van der Waals surface area contributed by atoms with E-state index in [2.05, 4.69) is 24.3 Å². The number of anilines is 1. The van der Waals surface area contributed by atoms with Crippen molar-refractivity contribution in [2.24, 2.45) is 11.8 Å². The number of nitrogens with zero attached hydrogens (tertiary/aromatic N) is 1. The fourth-order valence-corrected chi connectivity index (χ4v) is 5.89. The number of rotatable bonds is 3. The Bertz CT molecular complexity index is 1130. The molecule has 0 radical (unpaired) electrons. The zero-order chi connectivity index (χ0) is 21.3. The van der Waals surface area contributed by atoms with Gasteiger partial charge in [-0.2, -0.15) is 0 Å². The molecule has 2 atom stereocenters. The quantitative estimate of drug-likeness (QED) is 0.609. The van der Waals surface area contributed by atoms with Crippen molar-refractivity contribution in [3.05, 3.63) is 89.0 Å². The summed E-state index contributed by atoms with van der Waals surface area (Å²) >= 11 is 0. The molecule has 7 rings (SSSR count). The van der Waals surface area contributed by atoms with Crippen LogP contribution in [0.15, 0.2) is 66.7 Å². The van der Waals surface area contributed by atoms with E-state index in [-0.39, 0.29) is 23.7 Å². The van der Waals surface area contributed by atoms with Crippen molar-refractivity contribution in [3.63, 3.8) is 0 Å². The van der Waals surface area contributed by atoms with Crippen LogP contribution in [0.3, 0.4) is 0 Å². The minimum absolute atomic E-state index is 0.125. The first kappa shape index (κ1) is 18.2. The van der Waals surface area contributed by atoms with Gasteiger partial charge in [-0.1, -0.05) is 48.5 Å². The average molecular weight is 411 g/mol. The van der Waals surface area contributed by atoms with Crippen LogP contribution in [-0.4, -0.2) is 26.0 Å². The lowest BCUT2D eigenvalue weighted by Crippen LogP contribution is -2.41. The molecule has 0 unspecified atom stereocenters. The topological polar surface area (TPSA) is 55.8 Å². The maximum atomic E-state index is 13.8. The predicted molar refractivity (Wildman–Crippen MR) is 116 cm³/mol. The van der Waals surface area contributed by atoms with E-state index in [4.69, 9.17) is 9.47 Å². The lowest BCUT2D eigenvalue weighted by Gasteiger charge is -2.45. The molecule has 3 aromatic carbocycles. The summed E-state index contributed by atoms with van der Waals surface area (Å²) in [5.41, 5.74) is 5.08. The third kappa shape index (κ3) is 2.26. The highest BCUT2D eigenvalue weighted by Gasteiger charge is 2.62. The van der Waals surface area contributed by atoms with Gasteiger partial charge in [0.25, 0.3) is 0 Å². The van der Waals surface area contributed by atoms with Gasteiger partial charge in [-0.25, -0.2) is 4.90 Å². The number of methoxy groups -OCH3 is 2. The standard InChI is InChI=1S/C26H21NO4/c1-30-14-11-12-20(31-2)19(13-14)27-25(28)23-21-15-7-3-4-8-16(15)22(24(23)26(27)29)18-10-6-5-9-17(18)21/h3-13,21-24H,1-2H3/t21?,22?,23-,24+. The van der Waals surface area contributed by atoms with E-state index in [1.807, 2.05) is 24.3 Å².